The van der Waals surface area contributed by atoms with Gasteiger partial charge in [-0.25, -0.2) is 4.98 Å². The molecule has 3 rings (SSSR count). The Morgan fingerprint density at radius 3 is 2.78 bits per heavy atom. The lowest BCUT2D eigenvalue weighted by Crippen LogP contribution is -2.14. The van der Waals surface area contributed by atoms with E-state index in [1.807, 2.05) is 30.3 Å². The van der Waals surface area contributed by atoms with E-state index in [1.165, 1.54) is 17.8 Å². The minimum atomic E-state index is -0.225. The molecule has 0 bridgehead atoms. The van der Waals surface area contributed by atoms with Crippen LogP contribution in [-0.2, 0) is 4.79 Å². The smallest absolute Gasteiger partial charge is 0.234 e. The van der Waals surface area contributed by atoms with Crippen molar-refractivity contribution in [3.05, 3.63) is 53.1 Å². The maximum Gasteiger partial charge on any atom is 0.234 e. The van der Waals surface area contributed by atoms with Crippen molar-refractivity contribution in [2.75, 3.05) is 18.2 Å². The highest BCUT2D eigenvalue weighted by atomic mass is 35.5. The Balaban J connectivity index is 1.57. The van der Waals surface area contributed by atoms with Gasteiger partial charge >= 0.3 is 0 Å². The Morgan fingerprint density at radius 1 is 1.33 bits per heavy atom. The summed E-state index contributed by atoms with van der Waals surface area (Å²) in [6.07, 6.45) is 0. The number of aromatic amines is 1. The highest BCUT2D eigenvalue weighted by molar-refractivity contribution is 7.99. The van der Waals surface area contributed by atoms with E-state index in [-0.39, 0.29) is 11.7 Å². The summed E-state index contributed by atoms with van der Waals surface area (Å²) in [4.78, 5) is 16.4. The number of benzene rings is 2. The van der Waals surface area contributed by atoms with Crippen molar-refractivity contribution in [2.45, 2.75) is 5.16 Å². The molecule has 7 nitrogen and oxygen atoms in total. The lowest BCUT2D eigenvalue weighted by molar-refractivity contribution is -0.113. The molecular weight excluding hydrogens is 386 g/mol. The van der Waals surface area contributed by atoms with Crippen molar-refractivity contribution in [1.29, 1.82) is 5.26 Å². The van der Waals surface area contributed by atoms with Crippen LogP contribution in [0, 0.1) is 11.3 Å². The van der Waals surface area contributed by atoms with Crippen LogP contribution in [-0.4, -0.2) is 34.0 Å². The third-order valence-electron chi connectivity index (χ3n) is 3.53. The number of rotatable bonds is 6. The molecule has 3 aromatic rings. The predicted molar refractivity (Wildman–Crippen MR) is 104 cm³/mol. The predicted octanol–water partition coefficient (Wildman–Crippen LogP) is 3.74. The number of nitriles is 1. The number of nitrogens with zero attached hydrogens (tertiary/aromatic N) is 3. The van der Waals surface area contributed by atoms with Gasteiger partial charge in [0, 0.05) is 11.3 Å². The number of methoxy groups -OCH3 is 1. The van der Waals surface area contributed by atoms with Gasteiger partial charge in [-0.05, 0) is 42.5 Å². The van der Waals surface area contributed by atoms with Crippen LogP contribution in [0.5, 0.6) is 5.75 Å². The number of amides is 1. The van der Waals surface area contributed by atoms with E-state index in [9.17, 15) is 4.79 Å². The number of anilines is 1. The van der Waals surface area contributed by atoms with Crippen molar-refractivity contribution in [1.82, 2.24) is 15.2 Å². The highest BCUT2D eigenvalue weighted by Gasteiger charge is 2.10. The van der Waals surface area contributed by atoms with Crippen LogP contribution >= 0.6 is 23.4 Å². The summed E-state index contributed by atoms with van der Waals surface area (Å²) in [6, 6.07) is 14.1. The molecule has 1 aromatic heterocycles. The summed E-state index contributed by atoms with van der Waals surface area (Å²) in [5.74, 6) is 1.28. The average Bonchev–Trinajstić information content (AvgIpc) is 3.16. The molecule has 9 heteroatoms. The first-order chi connectivity index (χ1) is 13.1. The topological polar surface area (TPSA) is 104 Å². The first-order valence-electron chi connectivity index (χ1n) is 7.78. The van der Waals surface area contributed by atoms with Gasteiger partial charge in [0.25, 0.3) is 0 Å². The zero-order valence-corrected chi connectivity index (χ0v) is 15.8. The Morgan fingerprint density at radius 2 is 2.11 bits per heavy atom. The van der Waals surface area contributed by atoms with Crippen molar-refractivity contribution in [3.8, 4) is 23.2 Å². The third kappa shape index (κ3) is 4.78. The number of nitrogens with one attached hydrogen (secondary N) is 2. The van der Waals surface area contributed by atoms with Crippen molar-refractivity contribution in [2.24, 2.45) is 0 Å². The van der Waals surface area contributed by atoms with Gasteiger partial charge in [0.1, 0.15) is 11.8 Å². The van der Waals surface area contributed by atoms with Gasteiger partial charge in [0.2, 0.25) is 11.1 Å². The van der Waals surface area contributed by atoms with E-state index >= 15 is 0 Å². The molecule has 27 heavy (non-hydrogen) atoms. The molecular formula is C18H14ClN5O2S. The first kappa shape index (κ1) is 18.8. The first-order valence-corrected chi connectivity index (χ1v) is 9.14. The SMILES string of the molecule is COc1ccc(-c2nc(SCC(=O)Nc3ccc(C#N)c(Cl)c3)n[nH]2)cc1. The van der Waals surface area contributed by atoms with Crippen LogP contribution in [0.25, 0.3) is 11.4 Å². The van der Waals surface area contributed by atoms with Crippen LogP contribution in [0.4, 0.5) is 5.69 Å². The van der Waals surface area contributed by atoms with E-state index in [2.05, 4.69) is 20.5 Å². The summed E-state index contributed by atoms with van der Waals surface area (Å²) in [5.41, 5.74) is 1.75. The Labute approximate surface area is 164 Å². The monoisotopic (exact) mass is 399 g/mol. The zero-order valence-electron chi connectivity index (χ0n) is 14.2. The number of thioether (sulfide) groups is 1. The molecule has 0 aliphatic carbocycles. The van der Waals surface area contributed by atoms with Crippen LogP contribution in [0.15, 0.2) is 47.6 Å². The Hall–Kier alpha value is -3.02. The number of carbonyl (C=O) groups excluding carboxylic acids is 1. The fourth-order valence-electron chi connectivity index (χ4n) is 2.20. The number of carbonyl (C=O) groups is 1. The van der Waals surface area contributed by atoms with E-state index in [0.29, 0.717) is 27.3 Å². The number of ether oxygens (including phenoxy) is 1. The fourth-order valence-corrected chi connectivity index (χ4v) is 3.02. The summed E-state index contributed by atoms with van der Waals surface area (Å²) in [6.45, 7) is 0. The maximum atomic E-state index is 12.1. The number of hydrogen-bond donors (Lipinski definition) is 2. The molecule has 0 spiro atoms. The van der Waals surface area contributed by atoms with Gasteiger partial charge in [-0.1, -0.05) is 23.4 Å². The van der Waals surface area contributed by atoms with E-state index < -0.39 is 0 Å². The summed E-state index contributed by atoms with van der Waals surface area (Å²) < 4.78 is 5.13. The zero-order chi connectivity index (χ0) is 19.2. The molecule has 0 aliphatic heterocycles. The lowest BCUT2D eigenvalue weighted by atomic mass is 10.2. The largest absolute Gasteiger partial charge is 0.497 e. The lowest BCUT2D eigenvalue weighted by Gasteiger charge is -2.05. The number of H-pyrrole nitrogens is 1. The molecule has 0 aliphatic rings. The van der Waals surface area contributed by atoms with Crippen molar-refractivity contribution < 1.29 is 9.53 Å². The molecule has 0 saturated carbocycles. The molecule has 2 N–H and O–H groups in total. The van der Waals surface area contributed by atoms with Crippen LogP contribution in [0.1, 0.15) is 5.56 Å². The van der Waals surface area contributed by atoms with Crippen LogP contribution < -0.4 is 10.1 Å². The number of hydrogen-bond acceptors (Lipinski definition) is 6. The molecule has 0 unspecified atom stereocenters. The molecule has 1 amide bonds. The molecule has 136 valence electrons. The maximum absolute atomic E-state index is 12.1. The summed E-state index contributed by atoms with van der Waals surface area (Å²) >= 11 is 7.16. The molecule has 0 atom stereocenters. The molecule has 2 aromatic carbocycles. The highest BCUT2D eigenvalue weighted by Crippen LogP contribution is 2.23. The van der Waals surface area contributed by atoms with Crippen LogP contribution in [0.2, 0.25) is 5.02 Å². The van der Waals surface area contributed by atoms with Gasteiger partial charge in [-0.15, -0.1) is 5.10 Å². The molecule has 1 heterocycles. The number of aromatic nitrogens is 3. The van der Waals surface area contributed by atoms with Crippen molar-refractivity contribution >= 4 is 35.0 Å². The van der Waals surface area contributed by atoms with Gasteiger partial charge < -0.3 is 10.1 Å². The van der Waals surface area contributed by atoms with Gasteiger partial charge in [0.15, 0.2) is 5.82 Å². The summed E-state index contributed by atoms with van der Waals surface area (Å²) in [7, 11) is 1.61. The fraction of sp³-hybridized carbons (Fsp3) is 0.111. The van der Waals surface area contributed by atoms with E-state index in [0.717, 1.165) is 11.3 Å². The third-order valence-corrected chi connectivity index (χ3v) is 4.69. The second-order valence-electron chi connectivity index (χ2n) is 5.34. The van der Waals surface area contributed by atoms with Gasteiger partial charge in [-0.3, -0.25) is 9.89 Å². The average molecular weight is 400 g/mol. The van der Waals surface area contributed by atoms with E-state index in [1.54, 1.807) is 19.2 Å². The second-order valence-corrected chi connectivity index (χ2v) is 6.69. The Kier molecular flexibility index (Phi) is 5.96. The van der Waals surface area contributed by atoms with Crippen LogP contribution in [0.3, 0.4) is 0 Å². The van der Waals surface area contributed by atoms with E-state index in [4.69, 9.17) is 21.6 Å². The number of halogens is 1. The minimum absolute atomic E-state index is 0.136. The van der Waals surface area contributed by atoms with Gasteiger partial charge in [0.05, 0.1) is 23.4 Å². The second kappa shape index (κ2) is 8.58. The molecule has 0 radical (unpaired) electrons. The Bertz CT molecular complexity index is 998. The quantitative estimate of drug-likeness (QED) is 0.612. The van der Waals surface area contributed by atoms with Crippen molar-refractivity contribution in [3.63, 3.8) is 0 Å². The minimum Gasteiger partial charge on any atom is -0.497 e. The van der Waals surface area contributed by atoms with Gasteiger partial charge in [-0.2, -0.15) is 5.26 Å². The molecule has 0 saturated heterocycles. The summed E-state index contributed by atoms with van der Waals surface area (Å²) in [5, 5.41) is 19.3. The normalized spacial score (nSPS) is 10.3. The molecule has 0 fully saturated rings. The standard InChI is InChI=1S/C18H14ClN5O2S/c1-26-14-6-3-11(4-7-14)17-22-18(24-23-17)27-10-16(25)21-13-5-2-12(9-20)15(19)8-13/h2-8H,10H2,1H3,(H,21,25)(H,22,23,24).